The van der Waals surface area contributed by atoms with E-state index in [0.29, 0.717) is 5.75 Å². The number of nitrogens with one attached hydrogen (secondary N) is 1. The smallest absolute Gasteiger partial charge is 0.125 e. The van der Waals surface area contributed by atoms with Gasteiger partial charge >= 0.3 is 0 Å². The highest BCUT2D eigenvalue weighted by Gasteiger charge is 2.36. The zero-order chi connectivity index (χ0) is 25.0. The minimum atomic E-state index is -0.162. The van der Waals surface area contributed by atoms with Crippen molar-refractivity contribution in [3.8, 4) is 5.75 Å². The zero-order valence-corrected chi connectivity index (χ0v) is 23.7. The molecule has 0 aromatic heterocycles. The van der Waals surface area contributed by atoms with Crippen molar-refractivity contribution >= 4 is 29.1 Å². The summed E-state index contributed by atoms with van der Waals surface area (Å²) in [5.41, 5.74) is 4.50. The van der Waals surface area contributed by atoms with Gasteiger partial charge in [0.2, 0.25) is 0 Å². The molecular formula is C29H42ClNOS. The molecule has 2 aromatic carbocycles. The third-order valence-electron chi connectivity index (χ3n) is 6.35. The molecule has 2 aromatic rings. The van der Waals surface area contributed by atoms with Crippen molar-refractivity contribution in [3.05, 3.63) is 52.0 Å². The second-order valence-electron chi connectivity index (χ2n) is 13.5. The Bertz CT molecular complexity index is 1030. The average Bonchev–Trinajstić information content (AvgIpc) is 3.00. The van der Waals surface area contributed by atoms with Gasteiger partial charge < -0.3 is 10.4 Å². The third-order valence-corrected chi connectivity index (χ3v) is 7.80. The maximum absolute atomic E-state index is 11.7. The number of aromatic hydroxyl groups is 1. The Kier molecular flexibility index (Phi) is 6.94. The molecule has 1 heterocycles. The van der Waals surface area contributed by atoms with E-state index in [1.54, 1.807) is 11.8 Å². The van der Waals surface area contributed by atoms with Crippen molar-refractivity contribution in [2.45, 2.75) is 103 Å². The first-order valence-electron chi connectivity index (χ1n) is 12.0. The van der Waals surface area contributed by atoms with Crippen molar-refractivity contribution < 1.29 is 5.11 Å². The van der Waals surface area contributed by atoms with E-state index in [0.717, 1.165) is 34.7 Å². The van der Waals surface area contributed by atoms with Crippen LogP contribution in [0.4, 0.5) is 5.69 Å². The Morgan fingerprint density at radius 3 is 2.00 bits per heavy atom. The lowest BCUT2D eigenvalue weighted by Gasteiger charge is -2.37. The molecule has 33 heavy (non-hydrogen) atoms. The van der Waals surface area contributed by atoms with E-state index in [9.17, 15) is 5.11 Å². The van der Waals surface area contributed by atoms with Crippen LogP contribution in [0.15, 0.2) is 35.2 Å². The first kappa shape index (κ1) is 26.3. The molecule has 4 heteroatoms. The van der Waals surface area contributed by atoms with Gasteiger partial charge in [0.1, 0.15) is 11.1 Å². The van der Waals surface area contributed by atoms with Gasteiger partial charge in [-0.3, -0.25) is 0 Å². The fraction of sp³-hybridized carbons (Fsp3) is 0.586. The second-order valence-corrected chi connectivity index (χ2v) is 15.1. The molecule has 1 aliphatic heterocycles. The Morgan fingerprint density at radius 1 is 0.848 bits per heavy atom. The number of fused-ring (bicyclic) bond motifs is 1. The van der Waals surface area contributed by atoms with Gasteiger partial charge in [0, 0.05) is 21.0 Å². The molecule has 0 amide bonds. The van der Waals surface area contributed by atoms with E-state index < -0.39 is 0 Å². The molecule has 0 aliphatic carbocycles. The monoisotopic (exact) mass is 487 g/mol. The van der Waals surface area contributed by atoms with Crippen LogP contribution in [0.5, 0.6) is 5.75 Å². The summed E-state index contributed by atoms with van der Waals surface area (Å²) in [5, 5.41) is 15.9. The SMILES string of the molecule is CC(C)(C)CC(C)(C)c1cc(C2Nc3cc(Cl)ccc3S2)c(O)c(C(C)(C)CC(C)(C)C)c1. The molecule has 0 saturated heterocycles. The molecule has 2 N–H and O–H groups in total. The molecule has 1 atom stereocenters. The molecule has 3 rings (SSSR count). The van der Waals surface area contributed by atoms with Gasteiger partial charge in [0.25, 0.3) is 0 Å². The van der Waals surface area contributed by atoms with E-state index in [1.165, 1.54) is 10.5 Å². The number of rotatable bonds is 5. The zero-order valence-electron chi connectivity index (χ0n) is 22.1. The summed E-state index contributed by atoms with van der Waals surface area (Å²) < 4.78 is 0. The van der Waals surface area contributed by atoms with E-state index in [-0.39, 0.29) is 27.0 Å². The molecule has 0 radical (unpaired) electrons. The molecular weight excluding hydrogens is 446 g/mol. The highest BCUT2D eigenvalue weighted by Crippen LogP contribution is 2.53. The number of benzene rings is 2. The number of phenolic OH excluding ortho intramolecular Hbond substituents is 1. The topological polar surface area (TPSA) is 32.3 Å². The molecule has 2 nitrogen and oxygen atoms in total. The Hall–Kier alpha value is -1.32. The molecule has 0 saturated carbocycles. The quantitative estimate of drug-likeness (QED) is 0.440. The number of phenols is 1. The Morgan fingerprint density at radius 2 is 1.42 bits per heavy atom. The predicted octanol–water partition coefficient (Wildman–Crippen LogP) is 9.69. The first-order valence-corrected chi connectivity index (χ1v) is 13.2. The molecule has 1 aliphatic rings. The fourth-order valence-electron chi connectivity index (χ4n) is 5.77. The summed E-state index contributed by atoms with van der Waals surface area (Å²) in [5.74, 6) is 0.420. The van der Waals surface area contributed by atoms with Crippen LogP contribution in [0, 0.1) is 10.8 Å². The average molecular weight is 488 g/mol. The minimum Gasteiger partial charge on any atom is -0.507 e. The predicted molar refractivity (Wildman–Crippen MR) is 146 cm³/mol. The maximum Gasteiger partial charge on any atom is 0.125 e. The van der Waals surface area contributed by atoms with Crippen LogP contribution in [0.2, 0.25) is 5.02 Å². The van der Waals surface area contributed by atoms with Crippen molar-refractivity contribution in [1.29, 1.82) is 0 Å². The van der Waals surface area contributed by atoms with Gasteiger partial charge in [-0.1, -0.05) is 98.7 Å². The molecule has 182 valence electrons. The van der Waals surface area contributed by atoms with Gasteiger partial charge in [0.05, 0.1) is 5.69 Å². The summed E-state index contributed by atoms with van der Waals surface area (Å²) >= 11 is 7.99. The highest BCUT2D eigenvalue weighted by molar-refractivity contribution is 8.00. The van der Waals surface area contributed by atoms with Crippen LogP contribution in [0.25, 0.3) is 0 Å². The van der Waals surface area contributed by atoms with E-state index in [1.807, 2.05) is 12.1 Å². The molecule has 0 fully saturated rings. The number of anilines is 1. The van der Waals surface area contributed by atoms with Crippen LogP contribution >= 0.6 is 23.4 Å². The number of hydrogen-bond acceptors (Lipinski definition) is 3. The minimum absolute atomic E-state index is 0.0211. The highest BCUT2D eigenvalue weighted by atomic mass is 35.5. The van der Waals surface area contributed by atoms with E-state index in [2.05, 4.69) is 92.8 Å². The van der Waals surface area contributed by atoms with Crippen molar-refractivity contribution in [2.24, 2.45) is 10.8 Å². The van der Waals surface area contributed by atoms with Crippen molar-refractivity contribution in [2.75, 3.05) is 5.32 Å². The van der Waals surface area contributed by atoms with Crippen molar-refractivity contribution in [3.63, 3.8) is 0 Å². The maximum atomic E-state index is 11.7. The second kappa shape index (κ2) is 8.72. The van der Waals surface area contributed by atoms with Gasteiger partial charge in [-0.05, 0) is 64.3 Å². The third kappa shape index (κ3) is 6.22. The summed E-state index contributed by atoms with van der Waals surface area (Å²) in [6.07, 6.45) is 2.04. The largest absolute Gasteiger partial charge is 0.507 e. The molecule has 0 spiro atoms. The van der Waals surface area contributed by atoms with Gasteiger partial charge in [0.15, 0.2) is 0 Å². The Labute approximate surface area is 210 Å². The molecule has 1 unspecified atom stereocenters. The Balaban J connectivity index is 2.15. The lowest BCUT2D eigenvalue weighted by molar-refractivity contribution is 0.274. The lowest BCUT2D eigenvalue weighted by atomic mass is 9.68. The van der Waals surface area contributed by atoms with Gasteiger partial charge in [-0.2, -0.15) is 0 Å². The standard InChI is InChI=1S/C29H42ClNOS/c1-26(2,3)16-28(7,8)18-13-20(25-31-22-15-19(30)11-12-23(22)33-25)24(32)21(14-18)29(9,10)17-27(4,5)6/h11-15,25,31-32H,16-17H2,1-10H3. The summed E-state index contributed by atoms with van der Waals surface area (Å²) in [4.78, 5) is 1.17. The van der Waals surface area contributed by atoms with Gasteiger partial charge in [-0.15, -0.1) is 0 Å². The van der Waals surface area contributed by atoms with Crippen LogP contribution in [-0.4, -0.2) is 5.11 Å². The first-order chi connectivity index (χ1) is 14.9. The van der Waals surface area contributed by atoms with Crippen LogP contribution in [0.3, 0.4) is 0 Å². The van der Waals surface area contributed by atoms with E-state index in [4.69, 9.17) is 11.6 Å². The lowest BCUT2D eigenvalue weighted by Crippen LogP contribution is -2.28. The van der Waals surface area contributed by atoms with Crippen LogP contribution in [-0.2, 0) is 10.8 Å². The summed E-state index contributed by atoms with van der Waals surface area (Å²) in [6, 6.07) is 10.5. The number of hydrogen-bond donors (Lipinski definition) is 2. The fourth-order valence-corrected chi connectivity index (χ4v) is 7.08. The summed E-state index contributed by atoms with van der Waals surface area (Å²) in [7, 11) is 0. The molecule has 0 bridgehead atoms. The van der Waals surface area contributed by atoms with Crippen LogP contribution < -0.4 is 5.32 Å². The van der Waals surface area contributed by atoms with Crippen molar-refractivity contribution in [1.82, 2.24) is 0 Å². The van der Waals surface area contributed by atoms with E-state index >= 15 is 0 Å². The summed E-state index contributed by atoms with van der Waals surface area (Å²) in [6.45, 7) is 22.9. The normalized spacial score (nSPS) is 17.1. The van der Waals surface area contributed by atoms with Gasteiger partial charge in [-0.25, -0.2) is 0 Å². The van der Waals surface area contributed by atoms with Crippen LogP contribution in [0.1, 0.15) is 104 Å². The number of halogens is 1. The number of thioether (sulfide) groups is 1.